The maximum absolute atomic E-state index is 12.7. The van der Waals surface area contributed by atoms with Gasteiger partial charge in [0.1, 0.15) is 17.1 Å². The molecular formula is C31H33NO4. The summed E-state index contributed by atoms with van der Waals surface area (Å²) < 4.78 is 17.6. The number of ether oxygens (including phenoxy) is 2. The molecule has 5 nitrogen and oxygen atoms in total. The van der Waals surface area contributed by atoms with Gasteiger partial charge in [0.05, 0.1) is 20.0 Å². The van der Waals surface area contributed by atoms with Crippen LogP contribution >= 0.6 is 0 Å². The van der Waals surface area contributed by atoms with Crippen LogP contribution in [0.25, 0.3) is 27.7 Å². The Morgan fingerprint density at radius 3 is 2.56 bits per heavy atom. The predicted octanol–water partition coefficient (Wildman–Crippen LogP) is 6.97. The Bertz CT molecular complexity index is 1370. The normalized spacial score (nSPS) is 11.5. The minimum absolute atomic E-state index is 0.113. The second-order valence-electron chi connectivity index (χ2n) is 8.75. The van der Waals surface area contributed by atoms with Gasteiger partial charge in [-0.05, 0) is 56.9 Å². The van der Waals surface area contributed by atoms with E-state index in [0.29, 0.717) is 13.2 Å². The molecule has 4 rings (SSSR count). The number of aryl methyl sites for hydroxylation is 2. The number of hydrogen-bond donors (Lipinski definition) is 1. The molecule has 0 unspecified atom stereocenters. The number of hydrogen-bond acceptors (Lipinski definition) is 4. The first-order valence-electron chi connectivity index (χ1n) is 12.3. The number of fused-ring (bicyclic) bond motifs is 1. The fourth-order valence-electron chi connectivity index (χ4n) is 4.49. The van der Waals surface area contributed by atoms with Gasteiger partial charge in [-0.2, -0.15) is 0 Å². The summed E-state index contributed by atoms with van der Waals surface area (Å²) in [6.45, 7) is 7.01. The molecule has 4 aromatic rings. The molecule has 1 heterocycles. The number of methoxy groups -OCH3 is 1. The van der Waals surface area contributed by atoms with Crippen LogP contribution in [-0.2, 0) is 11.2 Å². The van der Waals surface area contributed by atoms with Crippen molar-refractivity contribution >= 4 is 22.4 Å². The van der Waals surface area contributed by atoms with E-state index in [1.54, 1.807) is 19.4 Å². The standard InChI is InChI=1S/C31H33NO4/c1-5-35-30-22(3)31-26(27(20-36-31)24-15-9-10-16-28(24)34-4)19-25(30)21(2)18-29(33)32-17-11-14-23-12-7-6-8-13-23/h6-10,12-13,15-16,18-20H,5,11,14,17H2,1-4H3,(H,32,33)/b21-18+. The molecule has 0 fully saturated rings. The highest BCUT2D eigenvalue weighted by atomic mass is 16.5. The van der Waals surface area contributed by atoms with Crippen molar-refractivity contribution < 1.29 is 18.7 Å². The fourth-order valence-corrected chi connectivity index (χ4v) is 4.49. The van der Waals surface area contributed by atoms with Crippen molar-refractivity contribution in [2.45, 2.75) is 33.6 Å². The molecule has 186 valence electrons. The highest BCUT2D eigenvalue weighted by Gasteiger charge is 2.20. The van der Waals surface area contributed by atoms with Crippen LogP contribution in [0.2, 0.25) is 0 Å². The van der Waals surface area contributed by atoms with Crippen molar-refractivity contribution in [1.29, 1.82) is 0 Å². The molecule has 3 aromatic carbocycles. The highest BCUT2D eigenvalue weighted by Crippen LogP contribution is 2.42. The minimum atomic E-state index is -0.113. The van der Waals surface area contributed by atoms with Gasteiger partial charge in [0.2, 0.25) is 5.91 Å². The van der Waals surface area contributed by atoms with Gasteiger partial charge in [-0.1, -0.05) is 48.5 Å². The molecule has 0 saturated carbocycles. The second kappa shape index (κ2) is 11.6. The van der Waals surface area contributed by atoms with Crippen molar-refractivity contribution in [3.05, 3.63) is 89.7 Å². The molecule has 1 amide bonds. The van der Waals surface area contributed by atoms with Gasteiger partial charge >= 0.3 is 0 Å². The number of carbonyl (C=O) groups is 1. The number of carbonyl (C=O) groups excluding carboxylic acids is 1. The molecule has 0 aliphatic carbocycles. The van der Waals surface area contributed by atoms with Crippen LogP contribution in [0.15, 0.2) is 77.4 Å². The van der Waals surface area contributed by atoms with Gasteiger partial charge in [0.15, 0.2) is 0 Å². The van der Waals surface area contributed by atoms with Crippen LogP contribution in [-0.4, -0.2) is 26.2 Å². The lowest BCUT2D eigenvalue weighted by molar-refractivity contribution is -0.116. The van der Waals surface area contributed by atoms with E-state index in [0.717, 1.165) is 63.1 Å². The number of benzene rings is 3. The van der Waals surface area contributed by atoms with E-state index in [2.05, 4.69) is 17.4 Å². The molecule has 5 heteroatoms. The lowest BCUT2D eigenvalue weighted by Gasteiger charge is -2.15. The maximum Gasteiger partial charge on any atom is 0.244 e. The van der Waals surface area contributed by atoms with E-state index in [1.165, 1.54) is 5.56 Å². The van der Waals surface area contributed by atoms with Crippen LogP contribution in [0, 0.1) is 6.92 Å². The van der Waals surface area contributed by atoms with Gasteiger partial charge in [-0.25, -0.2) is 0 Å². The summed E-state index contributed by atoms with van der Waals surface area (Å²) in [5, 5.41) is 3.96. The van der Waals surface area contributed by atoms with Crippen LogP contribution in [0.1, 0.15) is 37.0 Å². The first-order valence-corrected chi connectivity index (χ1v) is 12.3. The zero-order valence-corrected chi connectivity index (χ0v) is 21.4. The van der Waals surface area contributed by atoms with Crippen LogP contribution in [0.5, 0.6) is 11.5 Å². The first-order chi connectivity index (χ1) is 17.5. The number of rotatable bonds is 10. The fraction of sp³-hybridized carbons (Fsp3) is 0.258. The Kier molecular flexibility index (Phi) is 8.11. The van der Waals surface area contributed by atoms with E-state index in [-0.39, 0.29) is 5.91 Å². The van der Waals surface area contributed by atoms with Gasteiger partial charge < -0.3 is 19.2 Å². The summed E-state index contributed by atoms with van der Waals surface area (Å²) in [5.74, 6) is 1.39. The Morgan fingerprint density at radius 1 is 1.06 bits per heavy atom. The Balaban J connectivity index is 1.61. The molecule has 0 aliphatic heterocycles. The first kappa shape index (κ1) is 25.1. The Morgan fingerprint density at radius 2 is 1.81 bits per heavy atom. The number of furan rings is 1. The van der Waals surface area contributed by atoms with Crippen molar-refractivity contribution in [2.75, 3.05) is 20.3 Å². The maximum atomic E-state index is 12.7. The number of allylic oxidation sites excluding steroid dienone is 1. The molecule has 0 saturated heterocycles. The third-order valence-corrected chi connectivity index (χ3v) is 6.29. The Hall–Kier alpha value is -3.99. The summed E-state index contributed by atoms with van der Waals surface area (Å²) in [5.41, 5.74) is 6.53. The average molecular weight is 484 g/mol. The minimum Gasteiger partial charge on any atom is -0.496 e. The molecule has 0 radical (unpaired) electrons. The molecule has 0 aliphatic rings. The van der Waals surface area contributed by atoms with Gasteiger partial charge in [0, 0.05) is 40.3 Å². The van der Waals surface area contributed by atoms with E-state index in [9.17, 15) is 4.79 Å². The summed E-state index contributed by atoms with van der Waals surface area (Å²) in [6.07, 6.45) is 5.22. The monoisotopic (exact) mass is 483 g/mol. The van der Waals surface area contributed by atoms with Crippen LogP contribution in [0.4, 0.5) is 0 Å². The zero-order valence-electron chi connectivity index (χ0n) is 21.4. The van der Waals surface area contributed by atoms with E-state index in [4.69, 9.17) is 13.9 Å². The van der Waals surface area contributed by atoms with Crippen molar-refractivity contribution in [3.8, 4) is 22.6 Å². The lowest BCUT2D eigenvalue weighted by atomic mass is 9.96. The third kappa shape index (κ3) is 5.46. The number of para-hydroxylation sites is 1. The van der Waals surface area contributed by atoms with Gasteiger partial charge in [-0.3, -0.25) is 4.79 Å². The summed E-state index contributed by atoms with van der Waals surface area (Å²) >= 11 is 0. The highest BCUT2D eigenvalue weighted by molar-refractivity contribution is 6.02. The molecule has 1 aromatic heterocycles. The number of nitrogens with one attached hydrogen (secondary N) is 1. The molecule has 1 N–H and O–H groups in total. The lowest BCUT2D eigenvalue weighted by Crippen LogP contribution is -2.22. The molecule has 0 atom stereocenters. The van der Waals surface area contributed by atoms with Gasteiger partial charge in [-0.15, -0.1) is 0 Å². The average Bonchev–Trinajstić information content (AvgIpc) is 3.33. The predicted molar refractivity (Wildman–Crippen MR) is 146 cm³/mol. The van der Waals surface area contributed by atoms with Gasteiger partial charge in [0.25, 0.3) is 0 Å². The SMILES string of the molecule is CCOc1c(/C(C)=C/C(=O)NCCCc2ccccc2)cc2c(-c3ccccc3OC)coc2c1C. The smallest absolute Gasteiger partial charge is 0.244 e. The van der Waals surface area contributed by atoms with E-state index in [1.807, 2.05) is 69.3 Å². The van der Waals surface area contributed by atoms with E-state index < -0.39 is 0 Å². The molecular weight excluding hydrogens is 450 g/mol. The summed E-state index contributed by atoms with van der Waals surface area (Å²) in [7, 11) is 1.66. The topological polar surface area (TPSA) is 60.7 Å². The second-order valence-corrected chi connectivity index (χ2v) is 8.75. The Labute approximate surface area is 212 Å². The quantitative estimate of drug-likeness (QED) is 0.195. The zero-order chi connectivity index (χ0) is 25.5. The van der Waals surface area contributed by atoms with Crippen LogP contribution in [0.3, 0.4) is 0 Å². The van der Waals surface area contributed by atoms with E-state index >= 15 is 0 Å². The number of amides is 1. The summed E-state index contributed by atoms with van der Waals surface area (Å²) in [4.78, 5) is 12.7. The largest absolute Gasteiger partial charge is 0.496 e. The molecule has 0 spiro atoms. The summed E-state index contributed by atoms with van der Waals surface area (Å²) in [6, 6.07) is 20.2. The van der Waals surface area contributed by atoms with Crippen LogP contribution < -0.4 is 14.8 Å². The molecule has 0 bridgehead atoms. The van der Waals surface area contributed by atoms with Crippen molar-refractivity contribution in [1.82, 2.24) is 5.32 Å². The van der Waals surface area contributed by atoms with Crippen molar-refractivity contribution in [3.63, 3.8) is 0 Å². The third-order valence-electron chi connectivity index (χ3n) is 6.29. The van der Waals surface area contributed by atoms with Crippen molar-refractivity contribution in [2.24, 2.45) is 0 Å². The molecule has 36 heavy (non-hydrogen) atoms.